The van der Waals surface area contributed by atoms with Crippen LogP contribution in [0.4, 0.5) is 19.4 Å². The number of nitrogens with zero attached hydrogens (tertiary/aromatic N) is 2. The van der Waals surface area contributed by atoms with E-state index in [1.807, 2.05) is 0 Å². The Bertz CT molecular complexity index is 956. The summed E-state index contributed by atoms with van der Waals surface area (Å²) in [5.74, 6) is -1.49. The summed E-state index contributed by atoms with van der Waals surface area (Å²) in [7, 11) is 0. The number of hydrogen-bond donors (Lipinski definition) is 3. The molecule has 2 amide bonds. The molecule has 1 saturated heterocycles. The number of halogens is 2. The molecule has 0 radical (unpaired) electrons. The quantitative estimate of drug-likeness (QED) is 0.599. The van der Waals surface area contributed by atoms with E-state index in [1.54, 1.807) is 6.07 Å². The van der Waals surface area contributed by atoms with Crippen molar-refractivity contribution >= 4 is 17.8 Å². The highest BCUT2D eigenvalue weighted by molar-refractivity contribution is 5.91. The lowest BCUT2D eigenvalue weighted by molar-refractivity contribution is -0.115. The molecule has 172 valence electrons. The average Bonchev–Trinajstić information content (AvgIpc) is 3.46. The Morgan fingerprint density at radius 3 is 2.66 bits per heavy atom. The third-order valence-corrected chi connectivity index (χ3v) is 6.11. The van der Waals surface area contributed by atoms with Crippen LogP contribution in [0.15, 0.2) is 24.3 Å². The van der Waals surface area contributed by atoms with E-state index in [2.05, 4.69) is 15.5 Å². The Balaban J connectivity index is 1.33. The van der Waals surface area contributed by atoms with E-state index in [0.717, 1.165) is 49.6 Å². The number of rotatable bonds is 7. The summed E-state index contributed by atoms with van der Waals surface area (Å²) >= 11 is 0. The predicted octanol–water partition coefficient (Wildman–Crippen LogP) is 3.66. The van der Waals surface area contributed by atoms with Gasteiger partial charge in [0, 0.05) is 36.4 Å². The van der Waals surface area contributed by atoms with Gasteiger partial charge < -0.3 is 20.1 Å². The molecule has 1 aliphatic heterocycles. The van der Waals surface area contributed by atoms with Crippen molar-refractivity contribution in [3.8, 4) is 0 Å². The zero-order chi connectivity index (χ0) is 22.7. The largest absolute Gasteiger partial charge is 0.465 e. The molecule has 3 atom stereocenters. The molecule has 1 aromatic carbocycles. The van der Waals surface area contributed by atoms with Gasteiger partial charge in [0.25, 0.3) is 0 Å². The Morgan fingerprint density at radius 1 is 1.19 bits per heavy atom. The van der Waals surface area contributed by atoms with Crippen LogP contribution in [0.2, 0.25) is 0 Å². The van der Waals surface area contributed by atoms with Gasteiger partial charge in [-0.25, -0.2) is 13.6 Å². The van der Waals surface area contributed by atoms with Gasteiger partial charge in [0.2, 0.25) is 5.91 Å². The van der Waals surface area contributed by atoms with Crippen molar-refractivity contribution in [3.05, 3.63) is 47.2 Å². The van der Waals surface area contributed by atoms with Crippen molar-refractivity contribution in [1.82, 2.24) is 15.1 Å². The van der Waals surface area contributed by atoms with Gasteiger partial charge in [0.15, 0.2) is 5.82 Å². The molecule has 2 fully saturated rings. The molecule has 10 heteroatoms. The second-order valence-electron chi connectivity index (χ2n) is 8.44. The number of carbonyl (C=O) groups excluding carboxylic acids is 1. The van der Waals surface area contributed by atoms with Gasteiger partial charge in [-0.2, -0.15) is 5.10 Å². The average molecular weight is 448 g/mol. The van der Waals surface area contributed by atoms with Crippen LogP contribution in [0.3, 0.4) is 0 Å². The van der Waals surface area contributed by atoms with E-state index in [0.29, 0.717) is 25.4 Å². The summed E-state index contributed by atoms with van der Waals surface area (Å²) in [6.45, 7) is 1.07. The number of aromatic amines is 1. The second-order valence-corrected chi connectivity index (χ2v) is 8.44. The normalized spacial score (nSPS) is 22.8. The topological polar surface area (TPSA) is 108 Å². The zero-order valence-corrected chi connectivity index (χ0v) is 17.5. The zero-order valence-electron chi connectivity index (χ0n) is 17.5. The van der Waals surface area contributed by atoms with Crippen LogP contribution in [0.1, 0.15) is 49.3 Å². The van der Waals surface area contributed by atoms with Crippen LogP contribution in [-0.2, 0) is 16.0 Å². The van der Waals surface area contributed by atoms with E-state index in [-0.39, 0.29) is 30.0 Å². The fourth-order valence-electron chi connectivity index (χ4n) is 4.61. The van der Waals surface area contributed by atoms with Gasteiger partial charge in [-0.15, -0.1) is 0 Å². The minimum Gasteiger partial charge on any atom is -0.465 e. The summed E-state index contributed by atoms with van der Waals surface area (Å²) < 4.78 is 32.2. The van der Waals surface area contributed by atoms with Gasteiger partial charge in [-0.05, 0) is 49.8 Å². The third-order valence-electron chi connectivity index (χ3n) is 6.11. The molecule has 3 N–H and O–H groups in total. The maximum absolute atomic E-state index is 13.3. The number of nitrogens with one attached hydrogen (secondary N) is 2. The SMILES string of the molecule is O=C(Cc1cc(F)cc(F)c1)Nc1cc([C@@H]2CC[C@H](N(C[C@@H]3CCCO3)C(=O)O)C2)[nH]n1. The van der Waals surface area contributed by atoms with Gasteiger partial charge in [0.1, 0.15) is 11.6 Å². The van der Waals surface area contributed by atoms with Crippen molar-refractivity contribution < 1.29 is 28.2 Å². The van der Waals surface area contributed by atoms with Gasteiger partial charge in [-0.3, -0.25) is 9.89 Å². The Labute approximate surface area is 183 Å². The van der Waals surface area contributed by atoms with Crippen LogP contribution >= 0.6 is 0 Å². The molecular formula is C22H26F2N4O4. The molecule has 1 saturated carbocycles. The van der Waals surface area contributed by atoms with E-state index in [1.165, 1.54) is 4.90 Å². The number of carbonyl (C=O) groups is 2. The summed E-state index contributed by atoms with van der Waals surface area (Å²) in [6, 6.07) is 4.61. The van der Waals surface area contributed by atoms with E-state index < -0.39 is 23.6 Å². The molecule has 2 aliphatic rings. The molecule has 2 aromatic rings. The highest BCUT2D eigenvalue weighted by Crippen LogP contribution is 2.37. The lowest BCUT2D eigenvalue weighted by Gasteiger charge is -2.28. The van der Waals surface area contributed by atoms with Crippen LogP contribution in [0, 0.1) is 11.6 Å². The molecule has 0 bridgehead atoms. The van der Waals surface area contributed by atoms with Crippen molar-refractivity contribution in [1.29, 1.82) is 0 Å². The summed E-state index contributed by atoms with van der Waals surface area (Å²) in [5.41, 5.74) is 1.05. The summed E-state index contributed by atoms with van der Waals surface area (Å²) in [4.78, 5) is 25.5. The van der Waals surface area contributed by atoms with Crippen molar-refractivity contribution in [2.24, 2.45) is 0 Å². The summed E-state index contributed by atoms with van der Waals surface area (Å²) in [5, 5.41) is 19.3. The molecule has 4 rings (SSSR count). The number of hydrogen-bond acceptors (Lipinski definition) is 4. The number of carboxylic acid groups (broad SMARTS) is 1. The Hall–Kier alpha value is -3.01. The van der Waals surface area contributed by atoms with Crippen LogP contribution in [-0.4, -0.2) is 57.5 Å². The lowest BCUT2D eigenvalue weighted by atomic mass is 10.0. The standard InChI is InChI=1S/C22H26F2N4O4/c23-15-6-13(7-16(24)10-15)8-21(29)25-20-11-19(26-27-20)14-3-4-17(9-14)28(22(30)31)12-18-2-1-5-32-18/h6-7,10-11,14,17-18H,1-5,8-9,12H2,(H,30,31)(H2,25,26,27,29)/t14-,17+,18+/m1/s1. The lowest BCUT2D eigenvalue weighted by Crippen LogP contribution is -2.42. The van der Waals surface area contributed by atoms with E-state index in [9.17, 15) is 23.5 Å². The first-order chi connectivity index (χ1) is 15.4. The number of benzene rings is 1. The molecule has 0 unspecified atom stereocenters. The number of anilines is 1. The second kappa shape index (κ2) is 9.64. The minimum absolute atomic E-state index is 0.0364. The smallest absolute Gasteiger partial charge is 0.407 e. The molecule has 8 nitrogen and oxygen atoms in total. The highest BCUT2D eigenvalue weighted by atomic mass is 19.1. The van der Waals surface area contributed by atoms with Crippen molar-refractivity contribution in [2.45, 2.75) is 56.6 Å². The molecule has 1 aliphatic carbocycles. The number of aromatic nitrogens is 2. The molecule has 2 heterocycles. The van der Waals surface area contributed by atoms with Crippen LogP contribution in [0.5, 0.6) is 0 Å². The monoisotopic (exact) mass is 448 g/mol. The first-order valence-electron chi connectivity index (χ1n) is 10.8. The Morgan fingerprint density at radius 2 is 1.97 bits per heavy atom. The highest BCUT2D eigenvalue weighted by Gasteiger charge is 2.35. The first-order valence-corrected chi connectivity index (χ1v) is 10.8. The van der Waals surface area contributed by atoms with Gasteiger partial charge in [0.05, 0.1) is 19.1 Å². The summed E-state index contributed by atoms with van der Waals surface area (Å²) in [6.07, 6.45) is 2.90. The maximum Gasteiger partial charge on any atom is 0.407 e. The fourth-order valence-corrected chi connectivity index (χ4v) is 4.61. The molecule has 0 spiro atoms. The number of H-pyrrole nitrogens is 1. The van der Waals surface area contributed by atoms with Gasteiger partial charge in [-0.1, -0.05) is 0 Å². The molecular weight excluding hydrogens is 422 g/mol. The van der Waals surface area contributed by atoms with Crippen molar-refractivity contribution in [2.75, 3.05) is 18.5 Å². The predicted molar refractivity (Wildman–Crippen MR) is 111 cm³/mol. The molecule has 1 aromatic heterocycles. The Kier molecular flexibility index (Phi) is 6.69. The van der Waals surface area contributed by atoms with Crippen LogP contribution in [0.25, 0.3) is 0 Å². The fraction of sp³-hybridized carbons (Fsp3) is 0.500. The van der Waals surface area contributed by atoms with Crippen LogP contribution < -0.4 is 5.32 Å². The van der Waals surface area contributed by atoms with Crippen molar-refractivity contribution in [3.63, 3.8) is 0 Å². The first kappa shape index (κ1) is 22.2. The maximum atomic E-state index is 13.3. The van der Waals surface area contributed by atoms with Gasteiger partial charge >= 0.3 is 6.09 Å². The van der Waals surface area contributed by atoms with E-state index in [4.69, 9.17) is 4.74 Å². The number of ether oxygens (including phenoxy) is 1. The number of amides is 2. The minimum atomic E-state index is -0.933. The van der Waals surface area contributed by atoms with E-state index >= 15 is 0 Å². The third kappa shape index (κ3) is 5.42. The molecule has 32 heavy (non-hydrogen) atoms.